The minimum Gasteiger partial charge on any atom is -0.507 e. The lowest BCUT2D eigenvalue weighted by Crippen LogP contribution is -2.29. The highest BCUT2D eigenvalue weighted by Crippen LogP contribution is 2.44. The lowest BCUT2D eigenvalue weighted by atomic mass is 9.95. The molecule has 210 valence electrons. The number of amides is 1. The maximum atomic E-state index is 14.3. The molecule has 0 saturated carbocycles. The second kappa shape index (κ2) is 12.6. The van der Waals surface area contributed by atoms with Crippen molar-refractivity contribution in [1.82, 2.24) is 10.2 Å². The Bertz CT molecular complexity index is 1610. The van der Waals surface area contributed by atoms with Gasteiger partial charge in [-0.1, -0.05) is 66.8 Å². The smallest absolute Gasteiger partial charge is 0.301 e. The van der Waals surface area contributed by atoms with Crippen LogP contribution in [0.25, 0.3) is 5.76 Å². The SMILES string of the molecule is CCCCOc1ccc(C(O)=C2C(=O)C(=O)N(c3nnc(SCc4ccccc4F)s3)[C@@H]2c2cccc(F)c2)cc1. The summed E-state index contributed by atoms with van der Waals surface area (Å²) in [5.74, 6) is -2.30. The number of carbonyl (C=O) groups excluding carboxylic acids is 2. The Balaban J connectivity index is 1.49. The van der Waals surface area contributed by atoms with Crippen molar-refractivity contribution in [2.75, 3.05) is 11.5 Å². The molecule has 1 aromatic heterocycles. The Morgan fingerprint density at radius 1 is 1.05 bits per heavy atom. The fourth-order valence-electron chi connectivity index (χ4n) is 4.33. The number of hydrogen-bond acceptors (Lipinski definition) is 8. The van der Waals surface area contributed by atoms with Crippen LogP contribution in [0.5, 0.6) is 5.75 Å². The molecule has 2 heterocycles. The molecule has 0 radical (unpaired) electrons. The Morgan fingerprint density at radius 2 is 1.83 bits per heavy atom. The third-order valence-corrected chi connectivity index (χ3v) is 8.52. The number of hydrogen-bond donors (Lipinski definition) is 1. The molecule has 1 saturated heterocycles. The number of ketones is 1. The van der Waals surface area contributed by atoms with Crippen LogP contribution in [0.4, 0.5) is 13.9 Å². The van der Waals surface area contributed by atoms with Crippen LogP contribution in [-0.4, -0.2) is 33.6 Å². The largest absolute Gasteiger partial charge is 0.507 e. The number of Topliss-reactive ketones (excluding diaryl/α,β-unsaturated/α-hetero) is 1. The van der Waals surface area contributed by atoms with E-state index in [2.05, 4.69) is 17.1 Å². The summed E-state index contributed by atoms with van der Waals surface area (Å²) in [6.07, 6.45) is 1.88. The second-order valence-electron chi connectivity index (χ2n) is 9.18. The van der Waals surface area contributed by atoms with E-state index in [1.54, 1.807) is 48.5 Å². The van der Waals surface area contributed by atoms with Gasteiger partial charge >= 0.3 is 5.91 Å². The lowest BCUT2D eigenvalue weighted by Gasteiger charge is -2.22. The molecular formula is C30H25F2N3O4S2. The van der Waals surface area contributed by atoms with Crippen molar-refractivity contribution in [2.45, 2.75) is 35.9 Å². The molecule has 0 spiro atoms. The Kier molecular flexibility index (Phi) is 8.75. The van der Waals surface area contributed by atoms with Gasteiger partial charge in [0.2, 0.25) is 5.13 Å². The van der Waals surface area contributed by atoms with Crippen LogP contribution < -0.4 is 9.64 Å². The molecule has 0 unspecified atom stereocenters. The van der Waals surface area contributed by atoms with E-state index in [4.69, 9.17) is 4.74 Å². The minimum atomic E-state index is -1.15. The number of aliphatic hydroxyl groups is 1. The summed E-state index contributed by atoms with van der Waals surface area (Å²) in [6, 6.07) is 17.2. The van der Waals surface area contributed by atoms with E-state index in [-0.39, 0.29) is 27.8 Å². The number of anilines is 1. The predicted molar refractivity (Wildman–Crippen MR) is 154 cm³/mol. The van der Waals surface area contributed by atoms with Crippen LogP contribution >= 0.6 is 23.1 Å². The molecular weight excluding hydrogens is 568 g/mol. The summed E-state index contributed by atoms with van der Waals surface area (Å²) in [4.78, 5) is 27.8. The van der Waals surface area contributed by atoms with E-state index in [9.17, 15) is 23.5 Å². The van der Waals surface area contributed by atoms with Crippen molar-refractivity contribution in [1.29, 1.82) is 0 Å². The number of rotatable bonds is 10. The highest BCUT2D eigenvalue weighted by Gasteiger charge is 2.48. The number of thioether (sulfide) groups is 1. The number of aromatic nitrogens is 2. The van der Waals surface area contributed by atoms with Gasteiger partial charge in [0.15, 0.2) is 4.34 Å². The van der Waals surface area contributed by atoms with E-state index in [1.807, 2.05) is 0 Å². The summed E-state index contributed by atoms with van der Waals surface area (Å²) >= 11 is 2.27. The number of aliphatic hydroxyl groups excluding tert-OH is 1. The topological polar surface area (TPSA) is 92.6 Å². The van der Waals surface area contributed by atoms with Gasteiger partial charge in [0.1, 0.15) is 23.1 Å². The monoisotopic (exact) mass is 593 g/mol. The van der Waals surface area contributed by atoms with Crippen LogP contribution in [0.1, 0.15) is 42.5 Å². The summed E-state index contributed by atoms with van der Waals surface area (Å²) in [6.45, 7) is 2.61. The third kappa shape index (κ3) is 6.15. The Hall–Kier alpha value is -4.09. The molecule has 1 aliphatic heterocycles. The van der Waals surface area contributed by atoms with Gasteiger partial charge in [-0.15, -0.1) is 10.2 Å². The second-order valence-corrected chi connectivity index (χ2v) is 11.4. The highest BCUT2D eigenvalue weighted by molar-refractivity contribution is 8.00. The molecule has 3 aromatic carbocycles. The average Bonchev–Trinajstić information content (AvgIpc) is 3.54. The molecule has 0 bridgehead atoms. The molecule has 1 atom stereocenters. The molecule has 5 rings (SSSR count). The first-order valence-electron chi connectivity index (χ1n) is 12.9. The summed E-state index contributed by atoms with van der Waals surface area (Å²) in [5.41, 5.74) is 0.860. The van der Waals surface area contributed by atoms with Crippen molar-refractivity contribution in [3.63, 3.8) is 0 Å². The van der Waals surface area contributed by atoms with E-state index in [1.165, 1.54) is 36.0 Å². The normalized spacial score (nSPS) is 16.4. The maximum Gasteiger partial charge on any atom is 0.301 e. The quantitative estimate of drug-likeness (QED) is 0.0533. The predicted octanol–water partition coefficient (Wildman–Crippen LogP) is 6.91. The standard InChI is InChI=1S/C30H25F2N3O4S2/c1-2-3-15-39-22-13-11-18(12-14-22)26(36)24-25(19-8-6-9-21(31)16-19)35(28(38)27(24)37)29-33-34-30(41-29)40-17-20-7-4-5-10-23(20)32/h4-14,16,25,36H,2-3,15,17H2,1H3/t25-/m1/s1. The van der Waals surface area contributed by atoms with Crippen LogP contribution in [0.2, 0.25) is 0 Å². The first-order valence-corrected chi connectivity index (χ1v) is 14.7. The molecule has 7 nitrogen and oxygen atoms in total. The highest BCUT2D eigenvalue weighted by atomic mass is 32.2. The molecule has 11 heteroatoms. The van der Waals surface area contributed by atoms with Crippen molar-refractivity contribution < 1.29 is 28.2 Å². The van der Waals surface area contributed by atoms with Gasteiger partial charge in [-0.2, -0.15) is 0 Å². The molecule has 1 aliphatic rings. The Labute approximate surface area is 243 Å². The van der Waals surface area contributed by atoms with Crippen molar-refractivity contribution in [3.05, 3.63) is 107 Å². The number of carbonyl (C=O) groups is 2. The maximum absolute atomic E-state index is 14.3. The number of halogens is 2. The summed E-state index contributed by atoms with van der Waals surface area (Å²) in [5, 5.41) is 19.6. The van der Waals surface area contributed by atoms with Crippen molar-refractivity contribution in [3.8, 4) is 5.75 Å². The number of nitrogens with zero attached hydrogens (tertiary/aromatic N) is 3. The first-order chi connectivity index (χ1) is 19.9. The van der Waals surface area contributed by atoms with Gasteiger partial charge in [0, 0.05) is 11.3 Å². The average molecular weight is 594 g/mol. The fraction of sp³-hybridized carbons (Fsp3) is 0.200. The molecule has 1 N–H and O–H groups in total. The summed E-state index contributed by atoms with van der Waals surface area (Å²) in [7, 11) is 0. The first kappa shape index (κ1) is 28.4. The van der Waals surface area contributed by atoms with E-state index >= 15 is 0 Å². The van der Waals surface area contributed by atoms with E-state index in [0.29, 0.717) is 27.8 Å². The van der Waals surface area contributed by atoms with E-state index in [0.717, 1.165) is 29.1 Å². The number of benzene rings is 3. The van der Waals surface area contributed by atoms with Gasteiger partial charge in [0.25, 0.3) is 5.78 Å². The third-order valence-electron chi connectivity index (χ3n) is 6.41. The lowest BCUT2D eigenvalue weighted by molar-refractivity contribution is -0.132. The minimum absolute atomic E-state index is 0.0936. The van der Waals surface area contributed by atoms with Gasteiger partial charge in [-0.3, -0.25) is 14.5 Å². The number of unbranched alkanes of at least 4 members (excludes halogenated alkanes) is 1. The molecule has 4 aromatic rings. The fourth-order valence-corrected chi connectivity index (χ4v) is 6.19. The van der Waals surface area contributed by atoms with Crippen molar-refractivity contribution >= 4 is 45.7 Å². The van der Waals surface area contributed by atoms with Crippen LogP contribution in [-0.2, 0) is 15.3 Å². The van der Waals surface area contributed by atoms with Gasteiger partial charge in [-0.25, -0.2) is 8.78 Å². The van der Waals surface area contributed by atoms with Crippen LogP contribution in [0.15, 0.2) is 82.7 Å². The molecule has 1 amide bonds. The zero-order chi connectivity index (χ0) is 28.9. The zero-order valence-corrected chi connectivity index (χ0v) is 23.6. The van der Waals surface area contributed by atoms with Gasteiger partial charge in [-0.05, 0) is 60.0 Å². The Morgan fingerprint density at radius 3 is 2.56 bits per heavy atom. The number of ether oxygens (including phenoxy) is 1. The van der Waals surface area contributed by atoms with Crippen molar-refractivity contribution in [2.24, 2.45) is 0 Å². The zero-order valence-electron chi connectivity index (χ0n) is 21.9. The molecule has 41 heavy (non-hydrogen) atoms. The van der Waals surface area contributed by atoms with Crippen LogP contribution in [0, 0.1) is 11.6 Å². The van der Waals surface area contributed by atoms with E-state index < -0.39 is 29.3 Å². The molecule has 1 fully saturated rings. The van der Waals surface area contributed by atoms with Gasteiger partial charge in [0.05, 0.1) is 18.2 Å². The summed E-state index contributed by atoms with van der Waals surface area (Å²) < 4.78 is 34.5. The van der Waals surface area contributed by atoms with Gasteiger partial charge < -0.3 is 9.84 Å². The molecule has 0 aliphatic carbocycles. The van der Waals surface area contributed by atoms with Crippen LogP contribution in [0.3, 0.4) is 0 Å².